The number of phenolic OH excluding ortho intramolecular Hbond substituents is 2. The second kappa shape index (κ2) is 16.9. The van der Waals surface area contributed by atoms with Gasteiger partial charge in [-0.2, -0.15) is 54.1 Å². The van der Waals surface area contributed by atoms with Crippen molar-refractivity contribution < 1.29 is 62.1 Å². The van der Waals surface area contributed by atoms with Crippen LogP contribution in [0.1, 0.15) is 11.1 Å². The summed E-state index contributed by atoms with van der Waals surface area (Å²) < 4.78 is 135. The number of aryl methyl sites for hydroxylation is 2. The molecule has 0 heterocycles. The fraction of sp³-hybridized carbons (Fsp3) is 0.0500. The molecule has 0 bridgehead atoms. The van der Waals surface area contributed by atoms with E-state index in [0.717, 1.165) is 47.5 Å². The van der Waals surface area contributed by atoms with E-state index in [2.05, 4.69) is 30.7 Å². The molecule has 7 aromatic carbocycles. The second-order valence-electron chi connectivity index (χ2n) is 14.4. The number of hydrogen-bond acceptors (Lipinski definition) is 18. The van der Waals surface area contributed by atoms with Crippen molar-refractivity contribution in [1.29, 1.82) is 0 Å². The Bertz CT molecular complexity index is 3750. The quantitative estimate of drug-likeness (QED) is 0.0340. The van der Waals surface area contributed by atoms with Crippen LogP contribution in [0.15, 0.2) is 147 Å². The van der Waals surface area contributed by atoms with Crippen molar-refractivity contribution in [3.63, 3.8) is 0 Å². The molecule has 26 heteroatoms. The highest BCUT2D eigenvalue weighted by Gasteiger charge is 2.26. The number of rotatable bonds is 11. The minimum atomic E-state index is -5.07. The fourth-order valence-corrected chi connectivity index (χ4v) is 9.05. The maximum Gasteiger partial charge on any atom is 0.296 e. The van der Waals surface area contributed by atoms with Crippen LogP contribution in [-0.2, 0) is 40.5 Å². The van der Waals surface area contributed by atoms with E-state index < -0.39 is 82.9 Å². The SMILES string of the molecule is Cc1cc(N=Nc2c(S(=O)(=O)O)cc3cc(S(=O)(=O)O)cc(N)c3c2O)c(C)cc1N=Nc1ccc(-c2ccc(N=Nc3c(S(=O)(=O)O)cc4cc(S(=O)(=O)O)cc(N)c4c3O)cc2)cc1. The van der Waals surface area contributed by atoms with Gasteiger partial charge in [-0.05, 0) is 120 Å². The van der Waals surface area contributed by atoms with Gasteiger partial charge in [0.2, 0.25) is 0 Å². The number of nitrogen functional groups attached to an aromatic ring is 2. The van der Waals surface area contributed by atoms with Crippen LogP contribution in [0.4, 0.5) is 45.5 Å². The largest absolute Gasteiger partial charge is 0.505 e. The van der Waals surface area contributed by atoms with Gasteiger partial charge in [-0.25, -0.2) is 0 Å². The average molecular weight is 977 g/mol. The molecule has 0 fully saturated rings. The van der Waals surface area contributed by atoms with Crippen molar-refractivity contribution in [2.45, 2.75) is 33.4 Å². The molecule has 0 atom stereocenters. The normalized spacial score (nSPS) is 12.9. The van der Waals surface area contributed by atoms with Crippen LogP contribution in [-0.4, -0.2) is 62.1 Å². The van der Waals surface area contributed by atoms with Crippen LogP contribution >= 0.6 is 0 Å². The zero-order chi connectivity index (χ0) is 48.3. The second-order valence-corrected chi connectivity index (χ2v) is 20.0. The molecular weight excluding hydrogens is 945 g/mol. The van der Waals surface area contributed by atoms with E-state index in [9.17, 15) is 62.1 Å². The lowest BCUT2D eigenvalue weighted by atomic mass is 10.1. The van der Waals surface area contributed by atoms with Crippen molar-refractivity contribution in [3.8, 4) is 22.6 Å². The van der Waals surface area contributed by atoms with Crippen LogP contribution in [0.5, 0.6) is 11.5 Å². The molecule has 10 N–H and O–H groups in total. The van der Waals surface area contributed by atoms with Gasteiger partial charge in [-0.3, -0.25) is 18.2 Å². The summed E-state index contributed by atoms with van der Waals surface area (Å²) in [5.41, 5.74) is 13.7. The molecule has 0 saturated carbocycles. The minimum Gasteiger partial charge on any atom is -0.505 e. The lowest BCUT2D eigenvalue weighted by molar-refractivity contribution is 0.471. The first kappa shape index (κ1) is 46.7. The summed E-state index contributed by atoms with van der Waals surface area (Å²) in [5.74, 6) is -1.65. The molecular formula is C40H32N8O14S4. The number of nitrogens with zero attached hydrogens (tertiary/aromatic N) is 6. The average Bonchev–Trinajstić information content (AvgIpc) is 3.22. The van der Waals surface area contributed by atoms with E-state index in [1.165, 1.54) is 12.1 Å². The zero-order valence-corrected chi connectivity index (χ0v) is 36.9. The molecule has 0 spiro atoms. The molecule has 0 amide bonds. The summed E-state index contributed by atoms with van der Waals surface area (Å²) >= 11 is 0. The molecule has 66 heavy (non-hydrogen) atoms. The highest BCUT2D eigenvalue weighted by molar-refractivity contribution is 7.86. The van der Waals surface area contributed by atoms with Gasteiger partial charge in [0, 0.05) is 22.1 Å². The maximum absolute atomic E-state index is 12.3. The van der Waals surface area contributed by atoms with E-state index in [0.29, 0.717) is 22.5 Å². The van der Waals surface area contributed by atoms with Crippen LogP contribution in [0.3, 0.4) is 0 Å². The standard InChI is InChI=1S/C40H32N8O14S4/c1-19-12-32(46-48-38-34(66(60,61)62)16-24-14-28(64(54,55)56)18-30(42)36(24)40(38)50)20(2)11-31(19)45-43-25-7-3-21(4-8-25)22-5-9-26(10-6-22)44-47-37-33(65(57,58)59)15-23-13-27(63(51,52)53)17-29(41)35(23)39(37)49/h3-18,49-50H,41-42H2,1-2H3,(H,51,52,53)(H,54,55,56)(H,57,58,59)(H,60,61,62). The topological polar surface area (TPSA) is 384 Å². The Morgan fingerprint density at radius 2 is 0.758 bits per heavy atom. The van der Waals surface area contributed by atoms with Gasteiger partial charge >= 0.3 is 0 Å². The van der Waals surface area contributed by atoms with Crippen molar-refractivity contribution in [2.75, 3.05) is 11.5 Å². The molecule has 7 aromatic rings. The van der Waals surface area contributed by atoms with Gasteiger partial charge in [-0.1, -0.05) is 24.3 Å². The Kier molecular flexibility index (Phi) is 12.0. The van der Waals surface area contributed by atoms with Gasteiger partial charge in [0.05, 0.1) is 32.5 Å². The highest BCUT2D eigenvalue weighted by atomic mass is 32.2. The molecule has 0 aliphatic heterocycles. The van der Waals surface area contributed by atoms with Gasteiger partial charge in [0.1, 0.15) is 21.2 Å². The number of aromatic hydroxyl groups is 2. The van der Waals surface area contributed by atoms with E-state index in [1.54, 1.807) is 62.4 Å². The molecule has 340 valence electrons. The number of anilines is 2. The lowest BCUT2D eigenvalue weighted by Crippen LogP contribution is -2.02. The summed E-state index contributed by atoms with van der Waals surface area (Å²) in [4.78, 5) is -3.18. The molecule has 7 rings (SSSR count). The first-order valence-corrected chi connectivity index (χ1v) is 24.1. The molecule has 22 nitrogen and oxygen atoms in total. The van der Waals surface area contributed by atoms with Gasteiger partial charge in [-0.15, -0.1) is 10.2 Å². The van der Waals surface area contributed by atoms with E-state index in [4.69, 9.17) is 11.5 Å². The smallest absolute Gasteiger partial charge is 0.296 e. The summed E-state index contributed by atoms with van der Waals surface area (Å²) in [7, 11) is -19.7. The monoisotopic (exact) mass is 976 g/mol. The lowest BCUT2D eigenvalue weighted by Gasteiger charge is -2.12. The molecule has 0 aliphatic carbocycles. The van der Waals surface area contributed by atoms with Gasteiger partial charge in [0.15, 0.2) is 11.5 Å². The fourth-order valence-electron chi connectivity index (χ4n) is 6.63. The Balaban J connectivity index is 1.09. The Labute approximate surface area is 374 Å². The number of benzene rings is 7. The summed E-state index contributed by atoms with van der Waals surface area (Å²) in [6.07, 6.45) is 0. The van der Waals surface area contributed by atoms with Crippen molar-refractivity contribution in [3.05, 3.63) is 108 Å². The number of fused-ring (bicyclic) bond motifs is 2. The van der Waals surface area contributed by atoms with Crippen LogP contribution in [0, 0.1) is 13.8 Å². The van der Waals surface area contributed by atoms with Crippen LogP contribution in [0.2, 0.25) is 0 Å². The molecule has 0 radical (unpaired) electrons. The van der Waals surface area contributed by atoms with E-state index in [-0.39, 0.29) is 44.3 Å². The summed E-state index contributed by atoms with van der Waals surface area (Å²) in [5, 5.41) is 45.6. The number of azo groups is 3. The predicted octanol–water partition coefficient (Wildman–Crippen LogP) is 9.09. The Morgan fingerprint density at radius 1 is 0.424 bits per heavy atom. The first-order chi connectivity index (χ1) is 30.7. The molecule has 0 aliphatic rings. The third-order valence-corrected chi connectivity index (χ3v) is 13.2. The number of hydrogen-bond donors (Lipinski definition) is 8. The van der Waals surface area contributed by atoms with E-state index >= 15 is 0 Å². The summed E-state index contributed by atoms with van der Waals surface area (Å²) in [6, 6.07) is 21.6. The van der Waals surface area contributed by atoms with Crippen molar-refractivity contribution in [2.24, 2.45) is 30.7 Å². The van der Waals surface area contributed by atoms with Gasteiger partial charge in [0.25, 0.3) is 40.5 Å². The molecule has 0 saturated heterocycles. The summed E-state index contributed by atoms with van der Waals surface area (Å²) in [6.45, 7) is 3.35. The van der Waals surface area contributed by atoms with Crippen molar-refractivity contribution >= 4 is 108 Å². The number of nitrogens with two attached hydrogens (primary N) is 2. The third kappa shape index (κ3) is 9.55. The molecule has 0 aromatic heterocycles. The Hall–Kier alpha value is -7.30. The van der Waals surface area contributed by atoms with Crippen LogP contribution < -0.4 is 11.5 Å². The molecule has 0 unspecified atom stereocenters. The number of phenols is 2. The zero-order valence-electron chi connectivity index (χ0n) is 33.7. The first-order valence-electron chi connectivity index (χ1n) is 18.4. The van der Waals surface area contributed by atoms with E-state index in [1.807, 2.05) is 0 Å². The van der Waals surface area contributed by atoms with Gasteiger partial charge < -0.3 is 21.7 Å². The highest BCUT2D eigenvalue weighted by Crippen LogP contribution is 2.46. The minimum absolute atomic E-state index is 0.205. The Morgan fingerprint density at radius 3 is 1.11 bits per heavy atom. The third-order valence-electron chi connectivity index (χ3n) is 9.84. The van der Waals surface area contributed by atoms with Crippen molar-refractivity contribution in [1.82, 2.24) is 0 Å². The maximum atomic E-state index is 12.3. The van der Waals surface area contributed by atoms with Crippen LogP contribution in [0.25, 0.3) is 32.7 Å². The predicted molar refractivity (Wildman–Crippen MR) is 240 cm³/mol.